The van der Waals surface area contributed by atoms with Gasteiger partial charge in [-0.3, -0.25) is 4.55 Å². The van der Waals surface area contributed by atoms with E-state index >= 15 is 0 Å². The Morgan fingerprint density at radius 3 is 2.31 bits per heavy atom. The summed E-state index contributed by atoms with van der Waals surface area (Å²) >= 11 is 0. The van der Waals surface area contributed by atoms with Crippen molar-refractivity contribution in [3.8, 4) is 5.75 Å². The Morgan fingerprint density at radius 1 is 1.06 bits per heavy atom. The van der Waals surface area contributed by atoms with Crippen molar-refractivity contribution < 1.29 is 18.1 Å². The second-order valence-electron chi connectivity index (χ2n) is 3.14. The van der Waals surface area contributed by atoms with Crippen LogP contribution in [0.15, 0.2) is 41.3 Å². The third kappa shape index (κ3) is 2.56. The van der Waals surface area contributed by atoms with Gasteiger partial charge in [-0.25, -0.2) is 0 Å². The Labute approximate surface area is 115 Å². The first-order chi connectivity index (χ1) is 6.98. The van der Waals surface area contributed by atoms with Crippen LogP contribution in [-0.2, 0) is 10.1 Å². The number of benzene rings is 2. The number of rotatable bonds is 1. The van der Waals surface area contributed by atoms with Gasteiger partial charge in [0, 0.05) is 11.5 Å². The van der Waals surface area contributed by atoms with Crippen molar-refractivity contribution in [3.63, 3.8) is 0 Å². The predicted molar refractivity (Wildman–Crippen MR) is 62.6 cm³/mol. The van der Waals surface area contributed by atoms with Crippen LogP contribution in [-0.4, -0.2) is 47.6 Å². The average Bonchev–Trinajstić information content (AvgIpc) is 2.15. The Hall–Kier alpha value is -0.590. The topological polar surface area (TPSA) is 74.6 Å². The van der Waals surface area contributed by atoms with Gasteiger partial charge < -0.3 is 5.11 Å². The van der Waals surface area contributed by atoms with E-state index in [9.17, 15) is 13.5 Å². The first-order valence-corrected chi connectivity index (χ1v) is 5.62. The fourth-order valence-electron chi connectivity index (χ4n) is 1.47. The molecule has 2 N–H and O–H groups in total. The van der Waals surface area contributed by atoms with Crippen molar-refractivity contribution in [2.24, 2.45) is 0 Å². The minimum absolute atomic E-state index is 0. The number of phenolic OH excluding ortho intramolecular Hbond substituents is 1. The molecule has 0 bridgehead atoms. The van der Waals surface area contributed by atoms with Gasteiger partial charge in [-0.15, -0.1) is 0 Å². The summed E-state index contributed by atoms with van der Waals surface area (Å²) in [5, 5.41) is 10.2. The zero-order chi connectivity index (χ0) is 11.1. The first kappa shape index (κ1) is 13.5. The van der Waals surface area contributed by atoms with Crippen molar-refractivity contribution >= 4 is 50.4 Å². The molecule has 0 atom stereocenters. The maximum absolute atomic E-state index is 11.0. The van der Waals surface area contributed by atoms with E-state index in [4.69, 9.17) is 4.55 Å². The van der Waals surface area contributed by atoms with Crippen molar-refractivity contribution in [2.75, 3.05) is 0 Å². The molecule has 0 aliphatic heterocycles. The van der Waals surface area contributed by atoms with Crippen LogP contribution in [0.5, 0.6) is 5.75 Å². The molecule has 80 valence electrons. The maximum atomic E-state index is 11.0. The van der Waals surface area contributed by atoms with Crippen LogP contribution in [0.4, 0.5) is 0 Å². The van der Waals surface area contributed by atoms with Crippen LogP contribution >= 0.6 is 0 Å². The zero-order valence-corrected chi connectivity index (χ0v) is 8.40. The van der Waals surface area contributed by atoms with Crippen LogP contribution in [0.2, 0.25) is 0 Å². The number of fused-ring (bicyclic) bond motifs is 1. The summed E-state index contributed by atoms with van der Waals surface area (Å²) in [6.07, 6.45) is 0. The average molecular weight is 248 g/mol. The van der Waals surface area contributed by atoms with Gasteiger partial charge in [-0.1, -0.05) is 24.3 Å². The summed E-state index contributed by atoms with van der Waals surface area (Å²) in [6, 6.07) is 9.06. The van der Waals surface area contributed by atoms with Crippen molar-refractivity contribution in [2.45, 2.75) is 4.90 Å². The van der Waals surface area contributed by atoms with Gasteiger partial charge >= 0.3 is 29.6 Å². The molecule has 4 nitrogen and oxygen atoms in total. The molecule has 6 heteroatoms. The van der Waals surface area contributed by atoms with Gasteiger partial charge in [-0.05, 0) is 11.5 Å². The van der Waals surface area contributed by atoms with Gasteiger partial charge in [0.2, 0.25) is 0 Å². The second-order valence-corrected chi connectivity index (χ2v) is 4.53. The molecule has 2 rings (SSSR count). The minimum atomic E-state index is -4.31. The normalized spacial score (nSPS) is 11.1. The van der Waals surface area contributed by atoms with Crippen molar-refractivity contribution in [1.82, 2.24) is 0 Å². The van der Waals surface area contributed by atoms with E-state index in [1.54, 1.807) is 24.3 Å². The van der Waals surface area contributed by atoms with Crippen LogP contribution < -0.4 is 0 Å². The first-order valence-electron chi connectivity index (χ1n) is 4.18. The molecule has 0 unspecified atom stereocenters. The summed E-state index contributed by atoms with van der Waals surface area (Å²) < 4.78 is 31.1. The van der Waals surface area contributed by atoms with E-state index in [1.807, 2.05) is 0 Å². The molecule has 0 saturated carbocycles. The molecule has 0 heterocycles. The quantitative estimate of drug-likeness (QED) is 0.586. The van der Waals surface area contributed by atoms with Crippen LogP contribution in [0.1, 0.15) is 0 Å². The van der Waals surface area contributed by atoms with E-state index in [1.165, 1.54) is 6.07 Å². The Kier molecular flexibility index (Phi) is 3.98. The molecule has 0 radical (unpaired) electrons. The van der Waals surface area contributed by atoms with Gasteiger partial charge in [-0.2, -0.15) is 8.42 Å². The van der Waals surface area contributed by atoms with Gasteiger partial charge in [0.15, 0.2) is 0 Å². The van der Waals surface area contributed by atoms with Crippen molar-refractivity contribution in [1.29, 1.82) is 0 Å². The van der Waals surface area contributed by atoms with Gasteiger partial charge in [0.1, 0.15) is 10.6 Å². The summed E-state index contributed by atoms with van der Waals surface area (Å²) in [5.74, 6) is -0.193. The Balaban J connectivity index is 0.00000128. The van der Waals surface area contributed by atoms with Crippen molar-refractivity contribution in [3.05, 3.63) is 36.4 Å². The molecule has 0 aliphatic rings. The molecular weight excluding hydrogens is 239 g/mol. The van der Waals surface area contributed by atoms with E-state index in [0.29, 0.717) is 10.8 Å². The Morgan fingerprint density at radius 2 is 1.69 bits per heavy atom. The zero-order valence-electron chi connectivity index (χ0n) is 7.58. The van der Waals surface area contributed by atoms with E-state index in [0.717, 1.165) is 6.07 Å². The second kappa shape index (κ2) is 4.73. The fourth-order valence-corrected chi connectivity index (χ4v) is 2.21. The number of aromatic hydroxyl groups is 1. The van der Waals surface area contributed by atoms with Gasteiger partial charge in [0.25, 0.3) is 10.1 Å². The molecule has 0 spiro atoms. The molecule has 2 aromatic rings. The molecule has 0 aromatic heterocycles. The number of phenols is 1. The molecule has 0 fully saturated rings. The summed E-state index contributed by atoms with van der Waals surface area (Å²) in [7, 11) is -4.31. The van der Waals surface area contributed by atoms with E-state index < -0.39 is 10.1 Å². The summed E-state index contributed by atoms with van der Waals surface area (Å²) in [4.78, 5) is -0.280. The Bertz CT molecular complexity index is 622. The standard InChI is InChI=1S/C10H8O4S.Na.H/c11-8-5-7-3-1-2-4-9(7)10(6-8)15(12,13)14;;/h1-6,11H,(H,12,13,14);;. The predicted octanol–water partition coefficient (Wildman–Crippen LogP) is 1.14. The van der Waals surface area contributed by atoms with Crippen LogP contribution in [0, 0.1) is 0 Å². The van der Waals surface area contributed by atoms with Gasteiger partial charge in [0.05, 0.1) is 0 Å². The van der Waals surface area contributed by atoms with E-state index in [-0.39, 0.29) is 40.2 Å². The third-order valence-electron chi connectivity index (χ3n) is 2.09. The SMILES string of the molecule is O=S(=O)(O)c1cc(O)cc2ccccc12.[NaH]. The monoisotopic (exact) mass is 248 g/mol. The van der Waals surface area contributed by atoms with Crippen LogP contribution in [0.3, 0.4) is 0 Å². The molecule has 2 aromatic carbocycles. The molecule has 0 aliphatic carbocycles. The van der Waals surface area contributed by atoms with Crippen LogP contribution in [0.25, 0.3) is 10.8 Å². The summed E-state index contributed by atoms with van der Waals surface area (Å²) in [5.41, 5.74) is 0. The number of hydrogen-bond acceptors (Lipinski definition) is 3. The molecular formula is C10H9NaO4S. The molecule has 0 amide bonds. The summed E-state index contributed by atoms with van der Waals surface area (Å²) in [6.45, 7) is 0. The molecule has 16 heavy (non-hydrogen) atoms. The third-order valence-corrected chi connectivity index (χ3v) is 2.98. The number of hydrogen-bond donors (Lipinski definition) is 2. The molecule has 0 saturated heterocycles. The fraction of sp³-hybridized carbons (Fsp3) is 0. The van der Waals surface area contributed by atoms with E-state index in [2.05, 4.69) is 0 Å².